The minimum absolute atomic E-state index is 0.609. The lowest BCUT2D eigenvalue weighted by Crippen LogP contribution is -2.36. The molecule has 0 aliphatic rings. The van der Waals surface area contributed by atoms with Gasteiger partial charge in [-0.25, -0.2) is 0 Å². The summed E-state index contributed by atoms with van der Waals surface area (Å²) in [5.74, 6) is 0.609. The summed E-state index contributed by atoms with van der Waals surface area (Å²) in [5.41, 5.74) is 1.82. The van der Waals surface area contributed by atoms with E-state index in [4.69, 9.17) is 12.2 Å². The smallest absolute Gasteiger partial charge is 0.166 e. The first-order chi connectivity index (χ1) is 6.68. The van der Waals surface area contributed by atoms with Gasteiger partial charge in [-0.05, 0) is 18.1 Å². The maximum Gasteiger partial charge on any atom is 0.166 e. The number of hydrogen-bond acceptors (Lipinski definition) is 3. The summed E-state index contributed by atoms with van der Waals surface area (Å²) >= 11 is 6.74. The van der Waals surface area contributed by atoms with Crippen LogP contribution in [0.4, 0.5) is 0 Å². The van der Waals surface area contributed by atoms with E-state index < -0.39 is 0 Å². The molecule has 0 radical (unpaired) electrons. The van der Waals surface area contributed by atoms with Crippen molar-refractivity contribution in [1.29, 1.82) is 0 Å². The second-order valence-electron chi connectivity index (χ2n) is 3.43. The van der Waals surface area contributed by atoms with Crippen molar-refractivity contribution in [2.45, 2.75) is 20.4 Å². The Kier molecular flexibility index (Phi) is 4.82. The molecule has 1 heterocycles. The van der Waals surface area contributed by atoms with Gasteiger partial charge < -0.3 is 10.6 Å². The Morgan fingerprint density at radius 1 is 1.57 bits per heavy atom. The molecule has 1 rings (SSSR count). The largest absolute Gasteiger partial charge is 0.362 e. The Bertz CT molecular complexity index is 270. The third-order valence-corrected chi connectivity index (χ3v) is 2.65. The summed E-state index contributed by atoms with van der Waals surface area (Å²) < 4.78 is 0. The summed E-state index contributed by atoms with van der Waals surface area (Å²) in [6.45, 7) is 5.97. The maximum absolute atomic E-state index is 5.11. The van der Waals surface area contributed by atoms with Crippen molar-refractivity contribution < 1.29 is 0 Å². The first kappa shape index (κ1) is 11.4. The molecule has 0 fully saturated rings. The van der Waals surface area contributed by atoms with Crippen LogP contribution in [0.25, 0.3) is 0 Å². The molecule has 0 atom stereocenters. The average Bonchev–Trinajstić information content (AvgIpc) is 2.63. The number of aromatic nitrogens is 1. The van der Waals surface area contributed by atoms with Crippen LogP contribution in [0.2, 0.25) is 0 Å². The molecule has 0 aliphatic heterocycles. The molecule has 0 aliphatic carbocycles. The fraction of sp³-hybridized carbons (Fsp3) is 0.556. The van der Waals surface area contributed by atoms with E-state index in [2.05, 4.69) is 29.5 Å². The van der Waals surface area contributed by atoms with Crippen molar-refractivity contribution in [3.63, 3.8) is 0 Å². The van der Waals surface area contributed by atoms with Crippen LogP contribution in [0, 0.1) is 5.92 Å². The van der Waals surface area contributed by atoms with Gasteiger partial charge in [-0.1, -0.05) is 13.8 Å². The first-order valence-electron chi connectivity index (χ1n) is 4.57. The van der Waals surface area contributed by atoms with Crippen LogP contribution in [0.5, 0.6) is 0 Å². The molecule has 0 aromatic carbocycles. The Morgan fingerprint density at radius 2 is 2.36 bits per heavy atom. The van der Waals surface area contributed by atoms with Gasteiger partial charge in [0.25, 0.3) is 0 Å². The average molecular weight is 229 g/mol. The van der Waals surface area contributed by atoms with Gasteiger partial charge in [-0.15, -0.1) is 11.3 Å². The number of thiocarbonyl (C=S) groups is 1. The summed E-state index contributed by atoms with van der Waals surface area (Å²) in [5, 5.41) is 7.00. The highest BCUT2D eigenvalue weighted by atomic mass is 32.1. The summed E-state index contributed by atoms with van der Waals surface area (Å²) in [4.78, 5) is 5.18. The van der Waals surface area contributed by atoms with Gasteiger partial charge in [0.1, 0.15) is 0 Å². The van der Waals surface area contributed by atoms with Crippen LogP contribution in [0.1, 0.15) is 18.7 Å². The second kappa shape index (κ2) is 5.93. The van der Waals surface area contributed by atoms with E-state index >= 15 is 0 Å². The molecule has 3 nitrogen and oxygen atoms in total. The van der Waals surface area contributed by atoms with Crippen LogP contribution >= 0.6 is 23.6 Å². The minimum atomic E-state index is 0.609. The molecule has 14 heavy (non-hydrogen) atoms. The Balaban J connectivity index is 2.15. The highest BCUT2D eigenvalue weighted by molar-refractivity contribution is 7.80. The molecule has 0 saturated heterocycles. The number of rotatable bonds is 4. The molecule has 0 bridgehead atoms. The molecular formula is C9H15N3S2. The van der Waals surface area contributed by atoms with Crippen LogP contribution < -0.4 is 10.6 Å². The SMILES string of the molecule is CC(C)CNC(=S)NCc1cncs1. The summed E-state index contributed by atoms with van der Waals surface area (Å²) in [6.07, 6.45) is 1.85. The third-order valence-electron chi connectivity index (χ3n) is 1.58. The molecule has 2 N–H and O–H groups in total. The Hall–Kier alpha value is -0.680. The van der Waals surface area contributed by atoms with E-state index in [1.807, 2.05) is 11.7 Å². The van der Waals surface area contributed by atoms with Gasteiger partial charge in [-0.3, -0.25) is 4.98 Å². The van der Waals surface area contributed by atoms with Crippen LogP contribution in [-0.2, 0) is 6.54 Å². The highest BCUT2D eigenvalue weighted by Gasteiger charge is 1.98. The number of thiazole rings is 1. The second-order valence-corrected chi connectivity index (χ2v) is 4.80. The summed E-state index contributed by atoms with van der Waals surface area (Å²) in [7, 11) is 0. The van der Waals surface area contributed by atoms with Crippen LogP contribution in [0.15, 0.2) is 11.7 Å². The lowest BCUT2D eigenvalue weighted by atomic mass is 10.2. The molecule has 1 aromatic heterocycles. The summed E-state index contributed by atoms with van der Waals surface area (Å²) in [6, 6.07) is 0. The molecule has 0 unspecified atom stereocenters. The van der Waals surface area contributed by atoms with Gasteiger partial charge >= 0.3 is 0 Å². The predicted octanol–water partition coefficient (Wildman–Crippen LogP) is 1.76. The number of nitrogens with one attached hydrogen (secondary N) is 2. The van der Waals surface area contributed by atoms with Gasteiger partial charge in [0.15, 0.2) is 5.11 Å². The number of nitrogens with zero attached hydrogens (tertiary/aromatic N) is 1. The minimum Gasteiger partial charge on any atom is -0.362 e. The normalized spacial score (nSPS) is 10.2. The highest BCUT2D eigenvalue weighted by Crippen LogP contribution is 2.03. The van der Waals surface area contributed by atoms with Gasteiger partial charge in [0.2, 0.25) is 0 Å². The first-order valence-corrected chi connectivity index (χ1v) is 5.86. The zero-order chi connectivity index (χ0) is 10.4. The lowest BCUT2D eigenvalue weighted by Gasteiger charge is -2.10. The van der Waals surface area contributed by atoms with E-state index in [9.17, 15) is 0 Å². The molecule has 0 amide bonds. The van der Waals surface area contributed by atoms with E-state index in [0.29, 0.717) is 11.0 Å². The molecule has 1 aromatic rings. The molecule has 0 saturated carbocycles. The third kappa shape index (κ3) is 4.53. The fourth-order valence-corrected chi connectivity index (χ4v) is 1.55. The van der Waals surface area contributed by atoms with Crippen molar-refractivity contribution in [2.75, 3.05) is 6.54 Å². The van der Waals surface area contributed by atoms with Crippen molar-refractivity contribution in [2.24, 2.45) is 5.92 Å². The zero-order valence-corrected chi connectivity index (χ0v) is 10.0. The van der Waals surface area contributed by atoms with Crippen molar-refractivity contribution in [3.8, 4) is 0 Å². The molecule has 78 valence electrons. The zero-order valence-electron chi connectivity index (χ0n) is 8.41. The van der Waals surface area contributed by atoms with Gasteiger partial charge in [0.05, 0.1) is 12.1 Å². The Labute approximate surface area is 93.9 Å². The predicted molar refractivity (Wildman–Crippen MR) is 64.4 cm³/mol. The monoisotopic (exact) mass is 229 g/mol. The van der Waals surface area contributed by atoms with E-state index in [1.54, 1.807) is 11.3 Å². The lowest BCUT2D eigenvalue weighted by molar-refractivity contribution is 0.619. The van der Waals surface area contributed by atoms with Crippen molar-refractivity contribution in [3.05, 3.63) is 16.6 Å². The maximum atomic E-state index is 5.11. The quantitative estimate of drug-likeness (QED) is 0.772. The molecular weight excluding hydrogens is 214 g/mol. The van der Waals surface area contributed by atoms with Gasteiger partial charge in [0, 0.05) is 17.6 Å². The standard InChI is InChI=1S/C9H15N3S2/c1-7(2)3-11-9(13)12-5-8-4-10-6-14-8/h4,6-7H,3,5H2,1-2H3,(H2,11,12,13). The van der Waals surface area contributed by atoms with Crippen molar-refractivity contribution >= 4 is 28.7 Å². The van der Waals surface area contributed by atoms with E-state index in [0.717, 1.165) is 13.1 Å². The van der Waals surface area contributed by atoms with Crippen molar-refractivity contribution in [1.82, 2.24) is 15.6 Å². The Morgan fingerprint density at radius 3 is 2.93 bits per heavy atom. The fourth-order valence-electron chi connectivity index (χ4n) is 0.856. The topological polar surface area (TPSA) is 37.0 Å². The molecule has 0 spiro atoms. The van der Waals surface area contributed by atoms with Crippen LogP contribution in [-0.4, -0.2) is 16.6 Å². The van der Waals surface area contributed by atoms with E-state index in [1.165, 1.54) is 4.88 Å². The van der Waals surface area contributed by atoms with E-state index in [-0.39, 0.29) is 0 Å². The van der Waals surface area contributed by atoms with Crippen LogP contribution in [0.3, 0.4) is 0 Å². The van der Waals surface area contributed by atoms with Gasteiger partial charge in [-0.2, -0.15) is 0 Å². The molecule has 5 heteroatoms. The number of hydrogen-bond donors (Lipinski definition) is 2.